The summed E-state index contributed by atoms with van der Waals surface area (Å²) < 4.78 is 0. The van der Waals surface area contributed by atoms with Gasteiger partial charge in [0.25, 0.3) is 11.8 Å². The van der Waals surface area contributed by atoms with E-state index in [9.17, 15) is 9.59 Å². The molecule has 0 unspecified atom stereocenters. The highest BCUT2D eigenvalue weighted by molar-refractivity contribution is 7.17. The maximum Gasteiger partial charge on any atom is 0.267 e. The first-order chi connectivity index (χ1) is 12.0. The summed E-state index contributed by atoms with van der Waals surface area (Å²) >= 11 is 1.14. The molecular formula is C18H16N4O2S. The summed E-state index contributed by atoms with van der Waals surface area (Å²) in [5.74, 6) is -0.532. The number of amides is 2. The Morgan fingerprint density at radius 2 is 1.68 bits per heavy atom. The molecule has 25 heavy (non-hydrogen) atoms. The SMILES string of the molecule is Cc1ccccc1NC(=O)c1sc(NC(=O)c2ccncc2)nc1C. The molecule has 2 aromatic heterocycles. The van der Waals surface area contributed by atoms with Crippen LogP contribution in [0.15, 0.2) is 48.8 Å². The largest absolute Gasteiger partial charge is 0.321 e. The molecule has 0 aliphatic heterocycles. The Kier molecular flexibility index (Phi) is 4.85. The minimum absolute atomic E-state index is 0.242. The molecule has 0 aliphatic rings. The summed E-state index contributed by atoms with van der Waals surface area (Å²) in [4.78, 5) is 33.3. The van der Waals surface area contributed by atoms with Crippen LogP contribution in [0.3, 0.4) is 0 Å². The fraction of sp³-hybridized carbons (Fsp3) is 0.111. The van der Waals surface area contributed by atoms with Gasteiger partial charge in [-0.25, -0.2) is 4.98 Å². The van der Waals surface area contributed by atoms with Crippen molar-refractivity contribution in [3.05, 3.63) is 70.5 Å². The van der Waals surface area contributed by atoms with E-state index in [1.807, 2.05) is 31.2 Å². The van der Waals surface area contributed by atoms with E-state index in [4.69, 9.17) is 0 Å². The number of carbonyl (C=O) groups excluding carboxylic acids is 2. The average Bonchev–Trinajstić information content (AvgIpc) is 2.98. The molecule has 0 spiro atoms. The Hall–Kier alpha value is -3.06. The first kappa shape index (κ1) is 16.8. The lowest BCUT2D eigenvalue weighted by molar-refractivity contribution is 0.102. The quantitative estimate of drug-likeness (QED) is 0.750. The standard InChI is InChI=1S/C18H16N4O2S/c1-11-5-3-4-6-14(11)21-17(24)15-12(2)20-18(25-15)22-16(23)13-7-9-19-10-8-13/h3-10H,1-2H3,(H,21,24)(H,20,22,23). The van der Waals surface area contributed by atoms with Crippen molar-refractivity contribution in [3.63, 3.8) is 0 Å². The van der Waals surface area contributed by atoms with Gasteiger partial charge in [0.1, 0.15) is 4.88 Å². The molecule has 2 N–H and O–H groups in total. The Morgan fingerprint density at radius 3 is 2.40 bits per heavy atom. The van der Waals surface area contributed by atoms with Crippen LogP contribution in [0.2, 0.25) is 0 Å². The molecule has 2 amide bonds. The van der Waals surface area contributed by atoms with E-state index in [0.29, 0.717) is 21.3 Å². The molecule has 0 fully saturated rings. The predicted octanol–water partition coefficient (Wildman–Crippen LogP) is 3.66. The van der Waals surface area contributed by atoms with Crippen molar-refractivity contribution < 1.29 is 9.59 Å². The monoisotopic (exact) mass is 352 g/mol. The number of para-hydroxylation sites is 1. The molecule has 7 heteroatoms. The molecule has 1 aromatic carbocycles. The van der Waals surface area contributed by atoms with Crippen molar-refractivity contribution in [1.29, 1.82) is 0 Å². The van der Waals surface area contributed by atoms with E-state index in [1.54, 1.807) is 31.5 Å². The third-order valence-electron chi connectivity index (χ3n) is 3.56. The van der Waals surface area contributed by atoms with E-state index in [2.05, 4.69) is 20.6 Å². The fourth-order valence-electron chi connectivity index (χ4n) is 2.23. The average molecular weight is 352 g/mol. The number of hydrogen-bond donors (Lipinski definition) is 2. The topological polar surface area (TPSA) is 84.0 Å². The number of aryl methyl sites for hydroxylation is 2. The number of nitrogens with zero attached hydrogens (tertiary/aromatic N) is 2. The summed E-state index contributed by atoms with van der Waals surface area (Å²) in [6, 6.07) is 10.8. The molecule has 0 saturated heterocycles. The zero-order valence-corrected chi connectivity index (χ0v) is 14.6. The van der Waals surface area contributed by atoms with E-state index in [0.717, 1.165) is 22.6 Å². The Morgan fingerprint density at radius 1 is 0.960 bits per heavy atom. The number of carbonyl (C=O) groups is 2. The highest BCUT2D eigenvalue weighted by atomic mass is 32.1. The lowest BCUT2D eigenvalue weighted by atomic mass is 10.2. The number of pyridine rings is 1. The second-order valence-electron chi connectivity index (χ2n) is 5.39. The molecule has 6 nitrogen and oxygen atoms in total. The van der Waals surface area contributed by atoms with Crippen LogP contribution in [0, 0.1) is 13.8 Å². The summed E-state index contributed by atoms with van der Waals surface area (Å²) in [5, 5.41) is 5.97. The molecule has 2 heterocycles. The van der Waals surface area contributed by atoms with Gasteiger partial charge in [0.2, 0.25) is 0 Å². The normalized spacial score (nSPS) is 10.3. The predicted molar refractivity (Wildman–Crippen MR) is 98.2 cm³/mol. The molecule has 3 aromatic rings. The molecule has 0 saturated carbocycles. The maximum absolute atomic E-state index is 12.5. The molecule has 0 aliphatic carbocycles. The maximum atomic E-state index is 12.5. The molecule has 0 bridgehead atoms. The van der Waals surface area contributed by atoms with Gasteiger partial charge in [0.05, 0.1) is 5.69 Å². The van der Waals surface area contributed by atoms with Crippen molar-refractivity contribution in [2.45, 2.75) is 13.8 Å². The molecule has 126 valence electrons. The Labute approximate surface area is 149 Å². The molecule has 0 radical (unpaired) electrons. The summed E-state index contributed by atoms with van der Waals surface area (Å²) in [7, 11) is 0. The van der Waals surface area contributed by atoms with Crippen LogP contribution in [0.4, 0.5) is 10.8 Å². The number of nitrogens with one attached hydrogen (secondary N) is 2. The summed E-state index contributed by atoms with van der Waals surface area (Å²) in [6.45, 7) is 3.67. The van der Waals surface area contributed by atoms with Gasteiger partial charge in [-0.1, -0.05) is 29.5 Å². The Balaban J connectivity index is 1.75. The second-order valence-corrected chi connectivity index (χ2v) is 6.39. The van der Waals surface area contributed by atoms with Crippen LogP contribution in [0.5, 0.6) is 0 Å². The van der Waals surface area contributed by atoms with Crippen LogP contribution >= 0.6 is 11.3 Å². The summed E-state index contributed by atoms with van der Waals surface area (Å²) in [5.41, 5.74) is 2.78. The minimum atomic E-state index is -0.290. The van der Waals surface area contributed by atoms with Crippen molar-refractivity contribution in [1.82, 2.24) is 9.97 Å². The van der Waals surface area contributed by atoms with Crippen LogP contribution in [0.1, 0.15) is 31.3 Å². The summed E-state index contributed by atoms with van der Waals surface area (Å²) in [6.07, 6.45) is 3.09. The van der Waals surface area contributed by atoms with Gasteiger partial charge in [-0.2, -0.15) is 0 Å². The van der Waals surface area contributed by atoms with Crippen LogP contribution in [-0.4, -0.2) is 21.8 Å². The van der Waals surface area contributed by atoms with Gasteiger partial charge < -0.3 is 5.32 Å². The van der Waals surface area contributed by atoms with Gasteiger partial charge in [-0.15, -0.1) is 0 Å². The molecular weight excluding hydrogens is 336 g/mol. The third kappa shape index (κ3) is 3.89. The third-order valence-corrected chi connectivity index (χ3v) is 4.63. The second kappa shape index (κ2) is 7.23. The van der Waals surface area contributed by atoms with Gasteiger partial charge in [0, 0.05) is 23.6 Å². The van der Waals surface area contributed by atoms with E-state index in [1.165, 1.54) is 0 Å². The van der Waals surface area contributed by atoms with Gasteiger partial charge in [-0.05, 0) is 37.6 Å². The minimum Gasteiger partial charge on any atom is -0.321 e. The highest BCUT2D eigenvalue weighted by Crippen LogP contribution is 2.25. The molecule has 0 atom stereocenters. The van der Waals surface area contributed by atoms with Crippen molar-refractivity contribution >= 4 is 34.0 Å². The van der Waals surface area contributed by atoms with E-state index in [-0.39, 0.29) is 11.8 Å². The number of rotatable bonds is 4. The van der Waals surface area contributed by atoms with Crippen molar-refractivity contribution in [2.75, 3.05) is 10.6 Å². The smallest absolute Gasteiger partial charge is 0.267 e. The van der Waals surface area contributed by atoms with Crippen LogP contribution in [-0.2, 0) is 0 Å². The first-order valence-corrected chi connectivity index (χ1v) is 8.42. The van der Waals surface area contributed by atoms with Crippen LogP contribution < -0.4 is 10.6 Å². The number of anilines is 2. The van der Waals surface area contributed by atoms with Crippen LogP contribution in [0.25, 0.3) is 0 Å². The number of thiazole rings is 1. The zero-order chi connectivity index (χ0) is 17.8. The number of hydrogen-bond acceptors (Lipinski definition) is 5. The fourth-order valence-corrected chi connectivity index (χ4v) is 3.08. The number of aromatic nitrogens is 2. The zero-order valence-electron chi connectivity index (χ0n) is 13.7. The lowest BCUT2D eigenvalue weighted by Gasteiger charge is -2.06. The van der Waals surface area contributed by atoms with E-state index >= 15 is 0 Å². The van der Waals surface area contributed by atoms with Gasteiger partial charge >= 0.3 is 0 Å². The van der Waals surface area contributed by atoms with Gasteiger partial charge in [0.15, 0.2) is 5.13 Å². The van der Waals surface area contributed by atoms with Crippen molar-refractivity contribution in [3.8, 4) is 0 Å². The van der Waals surface area contributed by atoms with Gasteiger partial charge in [-0.3, -0.25) is 19.9 Å². The molecule has 3 rings (SSSR count). The highest BCUT2D eigenvalue weighted by Gasteiger charge is 2.17. The van der Waals surface area contributed by atoms with E-state index < -0.39 is 0 Å². The first-order valence-electron chi connectivity index (χ1n) is 7.60. The Bertz CT molecular complexity index is 922. The lowest BCUT2D eigenvalue weighted by Crippen LogP contribution is -2.12. The number of benzene rings is 1. The van der Waals surface area contributed by atoms with Crippen molar-refractivity contribution in [2.24, 2.45) is 0 Å².